The number of rotatable bonds is 2. The lowest BCUT2D eigenvalue weighted by Crippen LogP contribution is -2.07. The monoisotopic (exact) mass is 353 g/mol. The molecule has 0 aliphatic carbocycles. The molecule has 0 fully saturated rings. The molecular formula is C13H13BrClN5. The van der Waals surface area contributed by atoms with Crippen LogP contribution in [-0.4, -0.2) is 19.3 Å². The average molecular weight is 355 g/mol. The number of imidazole rings is 1. The summed E-state index contributed by atoms with van der Waals surface area (Å²) in [7, 11) is 0. The van der Waals surface area contributed by atoms with Crippen molar-refractivity contribution in [2.75, 3.05) is 5.73 Å². The molecule has 0 radical (unpaired) electrons. The maximum atomic E-state index is 6.09. The zero-order chi connectivity index (χ0) is 14.4. The van der Waals surface area contributed by atoms with Crippen molar-refractivity contribution in [2.45, 2.75) is 20.4 Å². The molecule has 1 aromatic carbocycles. The molecule has 0 spiro atoms. The van der Waals surface area contributed by atoms with Gasteiger partial charge in [0.2, 0.25) is 5.95 Å². The first-order valence-electron chi connectivity index (χ1n) is 6.19. The Balaban J connectivity index is 2.38. The number of hydrogen-bond donors (Lipinski definition) is 1. The number of aryl methyl sites for hydroxylation is 2. The number of anilines is 1. The summed E-state index contributed by atoms with van der Waals surface area (Å²) in [4.78, 5) is 4.42. The van der Waals surface area contributed by atoms with Gasteiger partial charge in [0.05, 0.1) is 11.4 Å². The fourth-order valence-corrected chi connectivity index (χ4v) is 3.17. The highest BCUT2D eigenvalue weighted by molar-refractivity contribution is 9.10. The third-order valence-electron chi connectivity index (χ3n) is 3.19. The van der Waals surface area contributed by atoms with E-state index in [-0.39, 0.29) is 0 Å². The molecule has 2 heterocycles. The van der Waals surface area contributed by atoms with Crippen molar-refractivity contribution in [1.29, 1.82) is 0 Å². The molecule has 2 aromatic heterocycles. The van der Waals surface area contributed by atoms with Crippen molar-refractivity contribution < 1.29 is 0 Å². The van der Waals surface area contributed by atoms with E-state index >= 15 is 0 Å². The van der Waals surface area contributed by atoms with Gasteiger partial charge in [-0.1, -0.05) is 11.6 Å². The van der Waals surface area contributed by atoms with Crippen LogP contribution < -0.4 is 5.73 Å². The molecule has 3 aromatic rings. The minimum atomic E-state index is 0.436. The van der Waals surface area contributed by atoms with Crippen LogP contribution in [0.5, 0.6) is 0 Å². The molecular weight excluding hydrogens is 342 g/mol. The molecule has 0 unspecified atom stereocenters. The maximum absolute atomic E-state index is 6.09. The first kappa shape index (κ1) is 13.5. The molecule has 3 rings (SSSR count). The van der Waals surface area contributed by atoms with Crippen LogP contribution in [0.3, 0.4) is 0 Å². The topological polar surface area (TPSA) is 61.7 Å². The second kappa shape index (κ2) is 4.79. The zero-order valence-corrected chi connectivity index (χ0v) is 13.4. The van der Waals surface area contributed by atoms with E-state index in [1.807, 2.05) is 41.3 Å². The molecule has 2 N–H and O–H groups in total. The van der Waals surface area contributed by atoms with Crippen LogP contribution in [-0.2, 0) is 6.54 Å². The molecule has 104 valence electrons. The average Bonchev–Trinajstić information content (AvgIpc) is 2.88. The highest BCUT2D eigenvalue weighted by atomic mass is 79.9. The SMILES string of the molecule is CCn1nc(C)c2nc(N)n(-c3ccc(Cl)cc3Br)c21. The van der Waals surface area contributed by atoms with Gasteiger partial charge < -0.3 is 5.73 Å². The highest BCUT2D eigenvalue weighted by Gasteiger charge is 2.19. The molecule has 0 aliphatic heterocycles. The van der Waals surface area contributed by atoms with Crippen LogP contribution >= 0.6 is 27.5 Å². The van der Waals surface area contributed by atoms with Gasteiger partial charge in [-0.3, -0.25) is 4.57 Å². The summed E-state index contributed by atoms with van der Waals surface area (Å²) < 4.78 is 4.64. The molecule has 20 heavy (non-hydrogen) atoms. The van der Waals surface area contributed by atoms with Crippen LogP contribution in [0.1, 0.15) is 12.6 Å². The number of hydrogen-bond acceptors (Lipinski definition) is 3. The van der Waals surface area contributed by atoms with E-state index < -0.39 is 0 Å². The zero-order valence-electron chi connectivity index (χ0n) is 11.1. The highest BCUT2D eigenvalue weighted by Crippen LogP contribution is 2.31. The minimum absolute atomic E-state index is 0.436. The third kappa shape index (κ3) is 1.91. The van der Waals surface area contributed by atoms with E-state index in [2.05, 4.69) is 26.0 Å². The van der Waals surface area contributed by atoms with E-state index in [1.165, 1.54) is 0 Å². The smallest absolute Gasteiger partial charge is 0.207 e. The van der Waals surface area contributed by atoms with Gasteiger partial charge in [0.15, 0.2) is 5.65 Å². The number of aromatic nitrogens is 4. The van der Waals surface area contributed by atoms with Crippen molar-refractivity contribution in [3.8, 4) is 5.69 Å². The lowest BCUT2D eigenvalue weighted by molar-refractivity contribution is 0.663. The van der Waals surface area contributed by atoms with Gasteiger partial charge in [-0.2, -0.15) is 5.10 Å². The third-order valence-corrected chi connectivity index (χ3v) is 4.06. The van der Waals surface area contributed by atoms with Gasteiger partial charge in [0.1, 0.15) is 5.52 Å². The number of benzene rings is 1. The van der Waals surface area contributed by atoms with Gasteiger partial charge in [0, 0.05) is 16.0 Å². The van der Waals surface area contributed by atoms with Gasteiger partial charge in [-0.25, -0.2) is 9.67 Å². The summed E-state index contributed by atoms with van der Waals surface area (Å²) in [6.07, 6.45) is 0. The van der Waals surface area contributed by atoms with Crippen LogP contribution in [0, 0.1) is 6.92 Å². The number of nitrogens with zero attached hydrogens (tertiary/aromatic N) is 4. The van der Waals surface area contributed by atoms with Crippen molar-refractivity contribution in [2.24, 2.45) is 0 Å². The molecule has 0 saturated carbocycles. The molecule has 5 nitrogen and oxygen atoms in total. The van der Waals surface area contributed by atoms with E-state index in [1.54, 1.807) is 0 Å². The number of halogens is 2. The Labute approximate surface area is 129 Å². The number of nitrogen functional groups attached to an aromatic ring is 1. The maximum Gasteiger partial charge on any atom is 0.207 e. The van der Waals surface area contributed by atoms with Gasteiger partial charge in [-0.15, -0.1) is 0 Å². The first-order chi connectivity index (χ1) is 9.52. The Morgan fingerprint density at radius 3 is 2.80 bits per heavy atom. The van der Waals surface area contributed by atoms with Crippen LogP contribution in [0.2, 0.25) is 5.02 Å². The van der Waals surface area contributed by atoms with Crippen LogP contribution in [0.15, 0.2) is 22.7 Å². The van der Waals surface area contributed by atoms with Crippen molar-refractivity contribution in [3.63, 3.8) is 0 Å². The number of nitrogens with two attached hydrogens (primary N) is 1. The summed E-state index contributed by atoms with van der Waals surface area (Å²) in [5.41, 5.74) is 9.57. The predicted octanol–water partition coefficient (Wildman–Crippen LogP) is 3.55. The lowest BCUT2D eigenvalue weighted by Gasteiger charge is -2.10. The molecule has 0 amide bonds. The van der Waals surface area contributed by atoms with Crippen molar-refractivity contribution in [3.05, 3.63) is 33.4 Å². The Bertz CT molecular complexity index is 805. The Morgan fingerprint density at radius 2 is 2.15 bits per heavy atom. The van der Waals surface area contributed by atoms with Crippen LogP contribution in [0.4, 0.5) is 5.95 Å². The second-order valence-electron chi connectivity index (χ2n) is 4.47. The molecule has 7 heteroatoms. The quantitative estimate of drug-likeness (QED) is 0.765. The molecule has 0 atom stereocenters. The lowest BCUT2D eigenvalue weighted by atomic mass is 10.3. The van der Waals surface area contributed by atoms with E-state index in [0.717, 1.165) is 33.6 Å². The summed E-state index contributed by atoms with van der Waals surface area (Å²) in [6.45, 7) is 4.72. The second-order valence-corrected chi connectivity index (χ2v) is 5.77. The van der Waals surface area contributed by atoms with Crippen molar-refractivity contribution >= 4 is 44.6 Å². The Morgan fingerprint density at radius 1 is 1.40 bits per heavy atom. The normalized spacial score (nSPS) is 11.4. The minimum Gasteiger partial charge on any atom is -0.369 e. The van der Waals surface area contributed by atoms with Gasteiger partial charge >= 0.3 is 0 Å². The van der Waals surface area contributed by atoms with Crippen LogP contribution in [0.25, 0.3) is 16.9 Å². The predicted molar refractivity (Wildman–Crippen MR) is 84.4 cm³/mol. The van der Waals surface area contributed by atoms with Gasteiger partial charge in [0.25, 0.3) is 0 Å². The molecule has 0 bridgehead atoms. The first-order valence-corrected chi connectivity index (χ1v) is 7.36. The fraction of sp³-hybridized carbons (Fsp3) is 0.231. The summed E-state index contributed by atoms with van der Waals surface area (Å²) in [6, 6.07) is 5.57. The largest absolute Gasteiger partial charge is 0.369 e. The summed E-state index contributed by atoms with van der Waals surface area (Å²) in [5.74, 6) is 0.436. The summed E-state index contributed by atoms with van der Waals surface area (Å²) in [5, 5.41) is 5.14. The molecule has 0 saturated heterocycles. The fourth-order valence-electron chi connectivity index (χ4n) is 2.31. The van der Waals surface area contributed by atoms with E-state index in [4.69, 9.17) is 17.3 Å². The van der Waals surface area contributed by atoms with E-state index in [0.29, 0.717) is 11.0 Å². The van der Waals surface area contributed by atoms with E-state index in [9.17, 15) is 0 Å². The number of fused-ring (bicyclic) bond motifs is 1. The Kier molecular flexibility index (Phi) is 3.22. The molecule has 0 aliphatic rings. The van der Waals surface area contributed by atoms with Gasteiger partial charge in [-0.05, 0) is 48.0 Å². The summed E-state index contributed by atoms with van der Waals surface area (Å²) >= 11 is 9.52. The standard InChI is InChI=1S/C13H13BrClN5/c1-3-19-12-11(7(2)18-19)17-13(16)20(12)10-5-4-8(15)6-9(10)14/h4-6H,3H2,1-2H3,(H2,16,17). The Hall–Kier alpha value is -1.53. The van der Waals surface area contributed by atoms with Crippen molar-refractivity contribution in [1.82, 2.24) is 19.3 Å².